The second-order valence-electron chi connectivity index (χ2n) is 8.14. The molecule has 0 fully saturated rings. The predicted octanol–water partition coefficient (Wildman–Crippen LogP) is 3.70. The molecule has 3 N–H and O–H groups in total. The van der Waals surface area contributed by atoms with Crippen molar-refractivity contribution >= 4 is 18.0 Å². The summed E-state index contributed by atoms with van der Waals surface area (Å²) in [6.07, 6.45) is 2.06. The average molecular weight is 437 g/mol. The van der Waals surface area contributed by atoms with Gasteiger partial charge >= 0.3 is 12.1 Å². The molecular weight excluding hydrogens is 408 g/mol. The predicted molar refractivity (Wildman–Crippen MR) is 121 cm³/mol. The largest absolute Gasteiger partial charge is 0.478 e. The van der Waals surface area contributed by atoms with Gasteiger partial charge in [-0.2, -0.15) is 0 Å². The van der Waals surface area contributed by atoms with Crippen LogP contribution in [-0.4, -0.2) is 42.3 Å². The lowest BCUT2D eigenvalue weighted by atomic mass is 9.98. The van der Waals surface area contributed by atoms with Crippen molar-refractivity contribution in [3.05, 3.63) is 71.8 Å². The second kappa shape index (κ2) is 10.6. The van der Waals surface area contributed by atoms with E-state index < -0.39 is 18.1 Å². The molecule has 2 amide bonds. The molecule has 0 saturated carbocycles. The molecule has 1 aliphatic carbocycles. The van der Waals surface area contributed by atoms with Gasteiger partial charge in [0.2, 0.25) is 5.91 Å². The molecule has 2 aromatic carbocycles. The van der Waals surface area contributed by atoms with Crippen molar-refractivity contribution in [2.45, 2.75) is 32.2 Å². The maximum atomic E-state index is 12.5. The van der Waals surface area contributed by atoms with Crippen LogP contribution in [-0.2, 0) is 14.3 Å². The van der Waals surface area contributed by atoms with Crippen LogP contribution in [0.15, 0.2) is 60.7 Å². The second-order valence-corrected chi connectivity index (χ2v) is 8.14. The summed E-state index contributed by atoms with van der Waals surface area (Å²) < 4.78 is 5.54. The Balaban J connectivity index is 1.62. The van der Waals surface area contributed by atoms with E-state index in [1.807, 2.05) is 50.2 Å². The van der Waals surface area contributed by atoms with E-state index in [0.29, 0.717) is 6.42 Å². The number of benzene rings is 2. The molecule has 0 bridgehead atoms. The summed E-state index contributed by atoms with van der Waals surface area (Å²) in [4.78, 5) is 35.5. The van der Waals surface area contributed by atoms with Gasteiger partial charge in [-0.15, -0.1) is 0 Å². The highest BCUT2D eigenvalue weighted by molar-refractivity contribution is 5.86. The fourth-order valence-electron chi connectivity index (χ4n) is 3.93. The number of hydrogen-bond donors (Lipinski definition) is 3. The van der Waals surface area contributed by atoms with Gasteiger partial charge in [-0.25, -0.2) is 9.59 Å². The third kappa shape index (κ3) is 5.75. The Morgan fingerprint density at radius 2 is 1.62 bits per heavy atom. The van der Waals surface area contributed by atoms with Gasteiger partial charge in [-0.3, -0.25) is 4.79 Å². The van der Waals surface area contributed by atoms with E-state index in [9.17, 15) is 14.4 Å². The van der Waals surface area contributed by atoms with Gasteiger partial charge in [0, 0.05) is 18.5 Å². The first-order valence-electron chi connectivity index (χ1n) is 10.7. The monoisotopic (exact) mass is 436 g/mol. The quantitative estimate of drug-likeness (QED) is 0.520. The molecule has 1 aliphatic rings. The molecule has 1 atom stereocenters. The van der Waals surface area contributed by atoms with Gasteiger partial charge in [0.1, 0.15) is 12.6 Å². The van der Waals surface area contributed by atoms with Crippen LogP contribution in [0.3, 0.4) is 0 Å². The third-order valence-corrected chi connectivity index (χ3v) is 5.31. The lowest BCUT2D eigenvalue weighted by Crippen LogP contribution is -2.47. The van der Waals surface area contributed by atoms with E-state index in [2.05, 4.69) is 22.8 Å². The maximum Gasteiger partial charge on any atom is 0.407 e. The van der Waals surface area contributed by atoms with Crippen LogP contribution in [0.25, 0.3) is 11.1 Å². The number of carboxylic acids is 1. The van der Waals surface area contributed by atoms with Gasteiger partial charge in [-0.1, -0.05) is 68.5 Å². The zero-order valence-corrected chi connectivity index (χ0v) is 18.2. The molecular formula is C25H28N2O5. The number of carboxylic acid groups (broad SMARTS) is 1. The number of rotatable bonds is 9. The molecule has 0 spiro atoms. The molecule has 0 saturated heterocycles. The number of hydrogen-bond acceptors (Lipinski definition) is 4. The summed E-state index contributed by atoms with van der Waals surface area (Å²) >= 11 is 0. The van der Waals surface area contributed by atoms with Gasteiger partial charge in [0.25, 0.3) is 0 Å². The first kappa shape index (κ1) is 23.1. The SMILES string of the molecule is CC(C)C[C@@H](NC(=O)OCC1c2ccccc2-c2ccccc21)C(=O)NC/C=C\C(=O)O. The Morgan fingerprint density at radius 3 is 2.19 bits per heavy atom. The van der Waals surface area contributed by atoms with E-state index in [0.717, 1.165) is 28.3 Å². The first-order valence-corrected chi connectivity index (χ1v) is 10.7. The summed E-state index contributed by atoms with van der Waals surface area (Å²) in [5.41, 5.74) is 4.51. The standard InChI is InChI=1S/C25H28N2O5/c1-16(2)14-22(24(30)26-13-7-12-23(28)29)27-25(31)32-15-21-19-10-5-3-8-17(19)18-9-4-6-11-20(18)21/h3-12,16,21-22H,13-15H2,1-2H3,(H,26,30)(H,27,31)(H,28,29)/b12-7-/t22-/m1/s1. The molecule has 32 heavy (non-hydrogen) atoms. The van der Waals surface area contributed by atoms with Crippen LogP contribution in [0.5, 0.6) is 0 Å². The van der Waals surface area contributed by atoms with Crippen LogP contribution >= 0.6 is 0 Å². The van der Waals surface area contributed by atoms with Gasteiger partial charge in [0.15, 0.2) is 0 Å². The first-order chi connectivity index (χ1) is 15.4. The molecule has 0 unspecified atom stereocenters. The number of alkyl carbamates (subject to hydrolysis) is 1. The van der Waals surface area contributed by atoms with Crippen LogP contribution in [0.2, 0.25) is 0 Å². The summed E-state index contributed by atoms with van der Waals surface area (Å²) in [6, 6.07) is 15.4. The van der Waals surface area contributed by atoms with Crippen LogP contribution in [0, 0.1) is 5.92 Å². The maximum absolute atomic E-state index is 12.5. The Labute approximate surface area is 187 Å². The molecule has 168 valence electrons. The van der Waals surface area contributed by atoms with Crippen LogP contribution in [0.1, 0.15) is 37.3 Å². The van der Waals surface area contributed by atoms with Gasteiger partial charge in [0.05, 0.1) is 0 Å². The lowest BCUT2D eigenvalue weighted by Gasteiger charge is -2.20. The highest BCUT2D eigenvalue weighted by Gasteiger charge is 2.29. The molecule has 0 aliphatic heterocycles. The minimum atomic E-state index is -1.09. The Bertz CT molecular complexity index is 969. The molecule has 3 rings (SSSR count). The summed E-state index contributed by atoms with van der Waals surface area (Å²) in [6.45, 7) is 4.12. The highest BCUT2D eigenvalue weighted by Crippen LogP contribution is 2.44. The molecule has 2 aromatic rings. The summed E-state index contributed by atoms with van der Waals surface area (Å²) in [7, 11) is 0. The smallest absolute Gasteiger partial charge is 0.407 e. The Morgan fingerprint density at radius 1 is 1.03 bits per heavy atom. The Kier molecular flexibility index (Phi) is 7.65. The molecule has 7 nitrogen and oxygen atoms in total. The zero-order valence-electron chi connectivity index (χ0n) is 18.2. The van der Waals surface area contributed by atoms with Gasteiger partial charge < -0.3 is 20.5 Å². The molecule has 0 aromatic heterocycles. The number of carbonyl (C=O) groups excluding carboxylic acids is 2. The minimum Gasteiger partial charge on any atom is -0.478 e. The van der Waals surface area contributed by atoms with Crippen LogP contribution in [0.4, 0.5) is 4.79 Å². The number of ether oxygens (including phenoxy) is 1. The number of amides is 2. The van der Waals surface area contributed by atoms with Crippen molar-refractivity contribution in [1.29, 1.82) is 0 Å². The fraction of sp³-hybridized carbons (Fsp3) is 0.320. The fourth-order valence-corrected chi connectivity index (χ4v) is 3.93. The lowest BCUT2D eigenvalue weighted by molar-refractivity contribution is -0.131. The van der Waals surface area contributed by atoms with Crippen molar-refractivity contribution in [1.82, 2.24) is 10.6 Å². The van der Waals surface area contributed by atoms with Crippen molar-refractivity contribution in [3.63, 3.8) is 0 Å². The van der Waals surface area contributed by atoms with Crippen molar-refractivity contribution < 1.29 is 24.2 Å². The summed E-state index contributed by atoms with van der Waals surface area (Å²) in [5, 5.41) is 13.9. The van der Waals surface area contributed by atoms with Crippen LogP contribution < -0.4 is 10.6 Å². The molecule has 0 heterocycles. The topological polar surface area (TPSA) is 105 Å². The van der Waals surface area contributed by atoms with E-state index in [4.69, 9.17) is 9.84 Å². The molecule has 7 heteroatoms. The van der Waals surface area contributed by atoms with E-state index in [1.54, 1.807) is 0 Å². The normalized spacial score (nSPS) is 13.5. The highest BCUT2D eigenvalue weighted by atomic mass is 16.5. The van der Waals surface area contributed by atoms with Crippen molar-refractivity contribution in [2.75, 3.05) is 13.2 Å². The number of fused-ring (bicyclic) bond motifs is 3. The van der Waals surface area contributed by atoms with Crippen molar-refractivity contribution in [3.8, 4) is 11.1 Å². The van der Waals surface area contributed by atoms with Gasteiger partial charge in [-0.05, 0) is 34.6 Å². The van der Waals surface area contributed by atoms with E-state index in [1.165, 1.54) is 6.08 Å². The number of carbonyl (C=O) groups is 3. The third-order valence-electron chi connectivity index (χ3n) is 5.31. The van der Waals surface area contributed by atoms with E-state index >= 15 is 0 Å². The zero-order chi connectivity index (χ0) is 23.1. The molecule has 0 radical (unpaired) electrons. The van der Waals surface area contributed by atoms with Crippen molar-refractivity contribution in [2.24, 2.45) is 5.92 Å². The van der Waals surface area contributed by atoms with E-state index in [-0.39, 0.29) is 30.9 Å². The average Bonchev–Trinajstić information content (AvgIpc) is 3.08. The minimum absolute atomic E-state index is 0.0616. The number of nitrogens with one attached hydrogen (secondary N) is 2. The summed E-state index contributed by atoms with van der Waals surface area (Å²) in [5.74, 6) is -1.38. The Hall–Kier alpha value is -3.61. The number of aliphatic carboxylic acids is 1.